The van der Waals surface area contributed by atoms with E-state index < -0.39 is 0 Å². The third-order valence-electron chi connectivity index (χ3n) is 3.38. The number of nitrogens with zero attached hydrogens (tertiary/aromatic N) is 3. The van der Waals surface area contributed by atoms with Crippen molar-refractivity contribution in [3.63, 3.8) is 0 Å². The van der Waals surface area contributed by atoms with Crippen LogP contribution in [0.4, 0.5) is 0 Å². The Balaban J connectivity index is 1.65. The van der Waals surface area contributed by atoms with E-state index in [-0.39, 0.29) is 12.0 Å². The first-order chi connectivity index (χ1) is 10.2. The Bertz CT molecular complexity index is 636. The van der Waals surface area contributed by atoms with Crippen LogP contribution < -0.4 is 4.74 Å². The Morgan fingerprint density at radius 3 is 2.95 bits per heavy atom. The second kappa shape index (κ2) is 6.22. The molecule has 0 bridgehead atoms. The molecule has 1 aromatic carbocycles. The topological polar surface area (TPSA) is 55.3 Å². The number of carbonyl (C=O) groups is 1. The normalized spacial score (nSPS) is 17.8. The molecule has 0 N–H and O–H groups in total. The lowest BCUT2D eigenvalue weighted by Gasteiger charge is -2.17. The molecule has 3 rings (SSSR count). The standard InChI is InChI=1S/C15H14BrN3O2/c16-13-4-2-1-3-12(13)15(20)19-8-6-11(9-19)21-14-5-7-17-10-18-14/h1-5,7,10-11H,6,8-9H2. The van der Waals surface area contributed by atoms with E-state index in [4.69, 9.17) is 4.74 Å². The largest absolute Gasteiger partial charge is 0.472 e. The molecule has 6 heteroatoms. The number of rotatable bonds is 3. The number of hydrogen-bond acceptors (Lipinski definition) is 4. The first-order valence-electron chi connectivity index (χ1n) is 6.70. The number of ether oxygens (including phenoxy) is 1. The fraction of sp³-hybridized carbons (Fsp3) is 0.267. The summed E-state index contributed by atoms with van der Waals surface area (Å²) in [6.07, 6.45) is 3.88. The van der Waals surface area contributed by atoms with Crippen LogP contribution in [0.15, 0.2) is 47.3 Å². The van der Waals surface area contributed by atoms with Crippen molar-refractivity contribution in [3.8, 4) is 5.88 Å². The molecule has 1 amide bonds. The van der Waals surface area contributed by atoms with Crippen LogP contribution in [-0.2, 0) is 0 Å². The molecule has 0 spiro atoms. The molecule has 5 nitrogen and oxygen atoms in total. The minimum atomic E-state index is -0.0219. The second-order valence-electron chi connectivity index (χ2n) is 4.81. The van der Waals surface area contributed by atoms with Gasteiger partial charge in [-0.1, -0.05) is 12.1 Å². The lowest BCUT2D eigenvalue weighted by molar-refractivity contribution is 0.0770. The van der Waals surface area contributed by atoms with Crippen molar-refractivity contribution in [1.29, 1.82) is 0 Å². The van der Waals surface area contributed by atoms with Gasteiger partial charge in [-0.05, 0) is 28.1 Å². The van der Waals surface area contributed by atoms with Crippen molar-refractivity contribution >= 4 is 21.8 Å². The average molecular weight is 348 g/mol. The maximum absolute atomic E-state index is 12.5. The zero-order valence-electron chi connectivity index (χ0n) is 11.3. The maximum atomic E-state index is 12.5. The van der Waals surface area contributed by atoms with Crippen molar-refractivity contribution < 1.29 is 9.53 Å². The summed E-state index contributed by atoms with van der Waals surface area (Å²) in [7, 11) is 0. The zero-order chi connectivity index (χ0) is 14.7. The fourth-order valence-electron chi connectivity index (χ4n) is 2.33. The summed E-state index contributed by atoms with van der Waals surface area (Å²) in [6, 6.07) is 9.18. The van der Waals surface area contributed by atoms with E-state index in [9.17, 15) is 4.79 Å². The van der Waals surface area contributed by atoms with Gasteiger partial charge in [0.1, 0.15) is 12.4 Å². The van der Waals surface area contributed by atoms with Crippen molar-refractivity contribution in [2.75, 3.05) is 13.1 Å². The van der Waals surface area contributed by atoms with Gasteiger partial charge in [-0.25, -0.2) is 9.97 Å². The van der Waals surface area contributed by atoms with Crippen LogP contribution in [0.5, 0.6) is 5.88 Å². The lowest BCUT2D eigenvalue weighted by atomic mass is 10.2. The smallest absolute Gasteiger partial charge is 0.255 e. The average Bonchev–Trinajstić information content (AvgIpc) is 2.97. The van der Waals surface area contributed by atoms with Gasteiger partial charge in [0.2, 0.25) is 5.88 Å². The molecular formula is C15H14BrN3O2. The van der Waals surface area contributed by atoms with E-state index in [0.717, 1.165) is 10.9 Å². The molecule has 0 aliphatic carbocycles. The molecular weight excluding hydrogens is 334 g/mol. The van der Waals surface area contributed by atoms with Gasteiger partial charge in [0.25, 0.3) is 5.91 Å². The first kappa shape index (κ1) is 14.0. The Labute approximate surface area is 131 Å². The van der Waals surface area contributed by atoms with E-state index in [1.807, 2.05) is 29.2 Å². The van der Waals surface area contributed by atoms with Gasteiger partial charge < -0.3 is 9.64 Å². The third-order valence-corrected chi connectivity index (χ3v) is 4.07. The fourth-order valence-corrected chi connectivity index (χ4v) is 2.79. The zero-order valence-corrected chi connectivity index (χ0v) is 12.9. The lowest BCUT2D eigenvalue weighted by Crippen LogP contribution is -2.31. The van der Waals surface area contributed by atoms with Crippen molar-refractivity contribution in [2.24, 2.45) is 0 Å². The summed E-state index contributed by atoms with van der Waals surface area (Å²) >= 11 is 3.42. The van der Waals surface area contributed by atoms with Gasteiger partial charge in [0.15, 0.2) is 0 Å². The van der Waals surface area contributed by atoms with Gasteiger partial charge in [-0.15, -0.1) is 0 Å². The van der Waals surface area contributed by atoms with Gasteiger partial charge in [-0.2, -0.15) is 0 Å². The molecule has 2 heterocycles. The van der Waals surface area contributed by atoms with E-state index >= 15 is 0 Å². The minimum absolute atomic E-state index is 0.0219. The van der Waals surface area contributed by atoms with Crippen LogP contribution in [-0.4, -0.2) is 40.0 Å². The summed E-state index contributed by atoms with van der Waals surface area (Å²) < 4.78 is 6.58. The number of aromatic nitrogens is 2. The van der Waals surface area contributed by atoms with Crippen molar-refractivity contribution in [2.45, 2.75) is 12.5 Å². The predicted molar refractivity (Wildman–Crippen MR) is 81.1 cm³/mol. The minimum Gasteiger partial charge on any atom is -0.472 e. The summed E-state index contributed by atoms with van der Waals surface area (Å²) in [6.45, 7) is 1.26. The monoisotopic (exact) mass is 347 g/mol. The molecule has 1 aliphatic rings. The summed E-state index contributed by atoms with van der Waals surface area (Å²) in [5.74, 6) is 0.571. The van der Waals surface area contributed by atoms with Crippen LogP contribution in [0.25, 0.3) is 0 Å². The van der Waals surface area contributed by atoms with Gasteiger partial charge >= 0.3 is 0 Å². The first-order valence-corrected chi connectivity index (χ1v) is 7.50. The maximum Gasteiger partial charge on any atom is 0.255 e. The summed E-state index contributed by atoms with van der Waals surface area (Å²) in [5.41, 5.74) is 0.681. The number of benzene rings is 1. The van der Waals surface area contributed by atoms with Gasteiger partial charge in [-0.3, -0.25) is 4.79 Å². The number of carbonyl (C=O) groups excluding carboxylic acids is 1. The van der Waals surface area contributed by atoms with Crippen LogP contribution in [0.2, 0.25) is 0 Å². The van der Waals surface area contributed by atoms with Crippen LogP contribution >= 0.6 is 15.9 Å². The Morgan fingerprint density at radius 1 is 1.33 bits per heavy atom. The molecule has 1 fully saturated rings. The molecule has 1 atom stereocenters. The molecule has 21 heavy (non-hydrogen) atoms. The van der Waals surface area contributed by atoms with Crippen LogP contribution in [0.3, 0.4) is 0 Å². The van der Waals surface area contributed by atoms with Gasteiger partial charge in [0, 0.05) is 29.7 Å². The highest BCUT2D eigenvalue weighted by Gasteiger charge is 2.29. The SMILES string of the molecule is O=C(c1ccccc1Br)N1CCC(Oc2ccncn2)C1. The molecule has 2 aromatic rings. The Morgan fingerprint density at radius 2 is 2.19 bits per heavy atom. The quantitative estimate of drug-likeness (QED) is 0.855. The molecule has 1 aliphatic heterocycles. The van der Waals surface area contributed by atoms with E-state index in [0.29, 0.717) is 24.5 Å². The Hall–Kier alpha value is -1.95. The molecule has 1 unspecified atom stereocenters. The number of halogens is 1. The van der Waals surface area contributed by atoms with Crippen LogP contribution in [0.1, 0.15) is 16.8 Å². The molecule has 1 aromatic heterocycles. The molecule has 0 radical (unpaired) electrons. The van der Waals surface area contributed by atoms with E-state index in [2.05, 4.69) is 25.9 Å². The highest BCUT2D eigenvalue weighted by Crippen LogP contribution is 2.22. The Kier molecular flexibility index (Phi) is 4.15. The molecule has 108 valence electrons. The molecule has 1 saturated heterocycles. The van der Waals surface area contributed by atoms with E-state index in [1.54, 1.807) is 12.3 Å². The van der Waals surface area contributed by atoms with Crippen LogP contribution in [0, 0.1) is 0 Å². The van der Waals surface area contributed by atoms with Crippen molar-refractivity contribution in [3.05, 3.63) is 52.9 Å². The highest BCUT2D eigenvalue weighted by molar-refractivity contribution is 9.10. The highest BCUT2D eigenvalue weighted by atomic mass is 79.9. The third kappa shape index (κ3) is 3.21. The predicted octanol–water partition coefficient (Wildman–Crippen LogP) is 2.53. The van der Waals surface area contributed by atoms with Crippen molar-refractivity contribution in [1.82, 2.24) is 14.9 Å². The summed E-state index contributed by atoms with van der Waals surface area (Å²) in [5, 5.41) is 0. The van der Waals surface area contributed by atoms with Gasteiger partial charge in [0.05, 0.1) is 12.1 Å². The van der Waals surface area contributed by atoms with E-state index in [1.165, 1.54) is 6.33 Å². The number of hydrogen-bond donors (Lipinski definition) is 0. The second-order valence-corrected chi connectivity index (χ2v) is 5.66. The number of amides is 1. The molecule has 0 saturated carbocycles. The number of likely N-dealkylation sites (tertiary alicyclic amines) is 1. The summed E-state index contributed by atoms with van der Waals surface area (Å²) in [4.78, 5) is 22.2.